The number of carbonyl (C=O) groups is 2. The van der Waals surface area contributed by atoms with Crippen LogP contribution in [0.15, 0.2) is 0 Å². The highest BCUT2D eigenvalue weighted by molar-refractivity contribution is 8.00. The summed E-state index contributed by atoms with van der Waals surface area (Å²) in [5.41, 5.74) is 4.89. The van der Waals surface area contributed by atoms with Crippen LogP contribution in [0.25, 0.3) is 0 Å². The molecular formula is C28H56N2O3S. The van der Waals surface area contributed by atoms with Crippen LogP contribution < -0.4 is 11.1 Å². The van der Waals surface area contributed by atoms with E-state index in [2.05, 4.69) is 67.6 Å². The van der Waals surface area contributed by atoms with Crippen molar-refractivity contribution in [1.82, 2.24) is 5.32 Å². The van der Waals surface area contributed by atoms with Crippen LogP contribution in [0.1, 0.15) is 109 Å². The molecule has 0 fully saturated rings. The Morgan fingerprint density at radius 3 is 1.88 bits per heavy atom. The number of ketones is 2. The average Bonchev–Trinajstić information content (AvgIpc) is 2.63. The standard InChI is InChI=1S/C28H56N2O3S/c1-19(2)18-22(24(32)27(10,11)20(3)4)30-28(12,13)23(31)21(29)14-17-34-26(8,9)15-16-33-25(5,6)7/h19-22,30H,14-18,29H2,1-13H3/t21-,22-/m0/s1. The average molecular weight is 501 g/mol. The van der Waals surface area contributed by atoms with E-state index < -0.39 is 17.0 Å². The van der Waals surface area contributed by atoms with Gasteiger partial charge in [-0.05, 0) is 71.5 Å². The van der Waals surface area contributed by atoms with Gasteiger partial charge < -0.3 is 10.5 Å². The quantitative estimate of drug-likeness (QED) is 0.269. The first kappa shape index (κ1) is 33.6. The second-order valence-electron chi connectivity index (χ2n) is 13.3. The van der Waals surface area contributed by atoms with Crippen LogP contribution in [0.2, 0.25) is 0 Å². The molecule has 0 bridgehead atoms. The van der Waals surface area contributed by atoms with Gasteiger partial charge in [0, 0.05) is 16.8 Å². The van der Waals surface area contributed by atoms with Crippen molar-refractivity contribution in [2.45, 2.75) is 137 Å². The number of carbonyl (C=O) groups excluding carboxylic acids is 2. The highest BCUT2D eigenvalue weighted by Gasteiger charge is 2.41. The first-order valence-corrected chi connectivity index (χ1v) is 14.0. The van der Waals surface area contributed by atoms with Gasteiger partial charge in [-0.25, -0.2) is 0 Å². The number of Topliss-reactive ketones (excluding diaryl/α,β-unsaturated/α-hetero) is 2. The Labute approximate surface area is 215 Å². The zero-order chi connectivity index (χ0) is 27.1. The lowest BCUT2D eigenvalue weighted by atomic mass is 9.73. The summed E-state index contributed by atoms with van der Waals surface area (Å²) < 4.78 is 5.92. The van der Waals surface area contributed by atoms with Gasteiger partial charge in [-0.1, -0.05) is 55.4 Å². The third kappa shape index (κ3) is 12.0. The second kappa shape index (κ2) is 13.2. The number of rotatable bonds is 16. The Morgan fingerprint density at radius 1 is 0.912 bits per heavy atom. The third-order valence-electron chi connectivity index (χ3n) is 6.75. The Morgan fingerprint density at radius 2 is 1.44 bits per heavy atom. The van der Waals surface area contributed by atoms with Gasteiger partial charge >= 0.3 is 0 Å². The highest BCUT2D eigenvalue weighted by Crippen LogP contribution is 2.32. The number of nitrogens with one attached hydrogen (secondary N) is 1. The van der Waals surface area contributed by atoms with Gasteiger partial charge in [0.05, 0.1) is 23.2 Å². The van der Waals surface area contributed by atoms with Crippen molar-refractivity contribution in [1.29, 1.82) is 0 Å². The van der Waals surface area contributed by atoms with Crippen molar-refractivity contribution in [3.8, 4) is 0 Å². The molecule has 0 aliphatic heterocycles. The minimum absolute atomic E-state index is 0.0362. The smallest absolute Gasteiger partial charge is 0.168 e. The van der Waals surface area contributed by atoms with Gasteiger partial charge in [0.15, 0.2) is 11.6 Å². The van der Waals surface area contributed by atoms with Gasteiger partial charge in [-0.3, -0.25) is 14.9 Å². The molecule has 2 atom stereocenters. The molecule has 6 heteroatoms. The number of hydrogen-bond acceptors (Lipinski definition) is 6. The SMILES string of the molecule is CC(C)C[C@H](NC(C)(C)C(=O)[C@@H](N)CCSC(C)(C)CCOC(C)(C)C)C(=O)C(C)(C)C(C)C. The fourth-order valence-electron chi connectivity index (χ4n) is 3.68. The molecule has 0 unspecified atom stereocenters. The Balaban J connectivity index is 5.08. The maximum atomic E-state index is 13.4. The largest absolute Gasteiger partial charge is 0.376 e. The van der Waals surface area contributed by atoms with E-state index in [1.165, 1.54) is 0 Å². The topological polar surface area (TPSA) is 81.4 Å². The third-order valence-corrected chi connectivity index (χ3v) is 8.18. The summed E-state index contributed by atoms with van der Waals surface area (Å²) in [7, 11) is 0. The fraction of sp³-hybridized carbons (Fsp3) is 0.929. The van der Waals surface area contributed by atoms with Gasteiger partial charge in [0.25, 0.3) is 0 Å². The summed E-state index contributed by atoms with van der Waals surface area (Å²) in [5.74, 6) is 1.49. The van der Waals surface area contributed by atoms with Gasteiger partial charge in [0.1, 0.15) is 0 Å². The molecular weight excluding hydrogens is 444 g/mol. The lowest BCUT2D eigenvalue weighted by Crippen LogP contribution is -2.60. The predicted molar refractivity (Wildman–Crippen MR) is 149 cm³/mol. The van der Waals surface area contributed by atoms with E-state index in [1.807, 2.05) is 39.5 Å². The molecule has 0 saturated heterocycles. The molecule has 34 heavy (non-hydrogen) atoms. The van der Waals surface area contributed by atoms with Crippen molar-refractivity contribution in [2.24, 2.45) is 23.0 Å². The van der Waals surface area contributed by atoms with Gasteiger partial charge in [-0.2, -0.15) is 11.8 Å². The van der Waals surface area contributed by atoms with Crippen LogP contribution in [0.3, 0.4) is 0 Å². The number of thioether (sulfide) groups is 1. The first-order valence-electron chi connectivity index (χ1n) is 13.0. The molecule has 0 aliphatic rings. The summed E-state index contributed by atoms with van der Waals surface area (Å²) in [4.78, 5) is 26.7. The van der Waals surface area contributed by atoms with Crippen molar-refractivity contribution >= 4 is 23.3 Å². The van der Waals surface area contributed by atoms with E-state index in [0.29, 0.717) is 25.4 Å². The summed E-state index contributed by atoms with van der Waals surface area (Å²) in [5, 5.41) is 3.41. The lowest BCUT2D eigenvalue weighted by molar-refractivity contribution is -0.133. The lowest BCUT2D eigenvalue weighted by Gasteiger charge is -2.37. The summed E-state index contributed by atoms with van der Waals surface area (Å²) in [6, 6.07) is -0.941. The summed E-state index contributed by atoms with van der Waals surface area (Å²) in [6.45, 7) is 27.4. The fourth-order valence-corrected chi connectivity index (χ4v) is 4.83. The van der Waals surface area contributed by atoms with Crippen LogP contribution in [0.4, 0.5) is 0 Å². The molecule has 0 radical (unpaired) electrons. The van der Waals surface area contributed by atoms with Crippen LogP contribution in [0, 0.1) is 17.3 Å². The number of hydrogen-bond donors (Lipinski definition) is 2. The van der Waals surface area contributed by atoms with Gasteiger partial charge in [-0.15, -0.1) is 0 Å². The van der Waals surface area contributed by atoms with E-state index >= 15 is 0 Å². The van der Waals surface area contributed by atoms with E-state index in [0.717, 1.165) is 12.2 Å². The van der Waals surface area contributed by atoms with E-state index in [-0.39, 0.29) is 33.9 Å². The molecule has 0 aromatic heterocycles. The Bertz CT molecular complexity index is 649. The van der Waals surface area contributed by atoms with Gasteiger partial charge in [0.2, 0.25) is 0 Å². The Hall–Kier alpha value is -0.430. The molecule has 0 saturated carbocycles. The first-order chi connectivity index (χ1) is 15.1. The molecule has 5 nitrogen and oxygen atoms in total. The molecule has 202 valence electrons. The number of ether oxygens (including phenoxy) is 1. The van der Waals surface area contributed by atoms with Crippen molar-refractivity contribution < 1.29 is 14.3 Å². The summed E-state index contributed by atoms with van der Waals surface area (Å²) in [6.07, 6.45) is 2.25. The molecule has 3 N–H and O–H groups in total. The zero-order valence-corrected chi connectivity index (χ0v) is 25.4. The zero-order valence-electron chi connectivity index (χ0n) is 24.6. The maximum absolute atomic E-state index is 13.4. The van der Waals surface area contributed by atoms with E-state index in [1.54, 1.807) is 0 Å². The highest BCUT2D eigenvalue weighted by atomic mass is 32.2. The molecule has 0 spiro atoms. The maximum Gasteiger partial charge on any atom is 0.168 e. The van der Waals surface area contributed by atoms with Crippen LogP contribution in [-0.2, 0) is 14.3 Å². The summed E-state index contributed by atoms with van der Waals surface area (Å²) >= 11 is 1.83. The van der Waals surface area contributed by atoms with Crippen LogP contribution in [0.5, 0.6) is 0 Å². The Kier molecular flexibility index (Phi) is 13.0. The predicted octanol–water partition coefficient (Wildman–Crippen LogP) is 6.02. The number of nitrogens with two attached hydrogens (primary N) is 1. The minimum atomic E-state index is -0.873. The molecule has 0 aromatic carbocycles. The van der Waals surface area contributed by atoms with E-state index in [4.69, 9.17) is 10.5 Å². The molecule has 0 rings (SSSR count). The molecule has 0 heterocycles. The van der Waals surface area contributed by atoms with E-state index in [9.17, 15) is 9.59 Å². The monoisotopic (exact) mass is 500 g/mol. The second-order valence-corrected chi connectivity index (χ2v) is 15.1. The van der Waals surface area contributed by atoms with Crippen molar-refractivity contribution in [2.75, 3.05) is 12.4 Å². The molecule has 0 amide bonds. The van der Waals surface area contributed by atoms with Crippen LogP contribution in [-0.4, -0.2) is 51.9 Å². The molecule has 0 aromatic rings. The molecule has 0 aliphatic carbocycles. The van der Waals surface area contributed by atoms with Crippen LogP contribution >= 0.6 is 11.8 Å². The van der Waals surface area contributed by atoms with Crippen molar-refractivity contribution in [3.63, 3.8) is 0 Å². The minimum Gasteiger partial charge on any atom is -0.376 e. The normalized spacial score (nSPS) is 15.6. The van der Waals surface area contributed by atoms with Crippen molar-refractivity contribution in [3.05, 3.63) is 0 Å².